The molecule has 0 saturated carbocycles. The summed E-state index contributed by atoms with van der Waals surface area (Å²) in [6, 6.07) is 0. The molecule has 0 aromatic carbocycles. The third kappa shape index (κ3) is 6.08. The van der Waals surface area contributed by atoms with Crippen LogP contribution in [0, 0.1) is 11.8 Å². The van der Waals surface area contributed by atoms with Crippen LogP contribution in [0.25, 0.3) is 0 Å². The molecule has 0 fully saturated rings. The van der Waals surface area contributed by atoms with Crippen LogP contribution in [0.4, 0.5) is 0 Å². The molecular formula is C10H20BrNO. The van der Waals surface area contributed by atoms with Gasteiger partial charge in [0.2, 0.25) is 5.91 Å². The van der Waals surface area contributed by atoms with Crippen LogP contribution in [0.5, 0.6) is 0 Å². The van der Waals surface area contributed by atoms with Crippen LogP contribution in [-0.4, -0.2) is 29.2 Å². The maximum Gasteiger partial charge on any atom is 0.233 e. The molecule has 0 aromatic rings. The SMILES string of the molecule is CC(C)CN(CC(C)C)C(=O)CBr. The zero-order chi connectivity index (χ0) is 10.4. The molecule has 78 valence electrons. The molecule has 13 heavy (non-hydrogen) atoms. The number of carbonyl (C=O) groups is 1. The van der Waals surface area contributed by atoms with Crippen LogP contribution in [-0.2, 0) is 4.79 Å². The van der Waals surface area contributed by atoms with Crippen molar-refractivity contribution in [2.75, 3.05) is 18.4 Å². The summed E-state index contributed by atoms with van der Waals surface area (Å²) in [7, 11) is 0. The van der Waals surface area contributed by atoms with Gasteiger partial charge in [0.1, 0.15) is 0 Å². The number of halogens is 1. The first-order valence-corrected chi connectivity index (χ1v) is 5.93. The van der Waals surface area contributed by atoms with Gasteiger partial charge in [0, 0.05) is 13.1 Å². The summed E-state index contributed by atoms with van der Waals surface area (Å²) >= 11 is 3.20. The quantitative estimate of drug-likeness (QED) is 0.686. The Bertz CT molecular complexity index is 147. The van der Waals surface area contributed by atoms with Crippen molar-refractivity contribution in [1.29, 1.82) is 0 Å². The fourth-order valence-corrected chi connectivity index (χ4v) is 1.60. The molecule has 0 atom stereocenters. The van der Waals surface area contributed by atoms with Crippen molar-refractivity contribution in [3.05, 3.63) is 0 Å². The molecule has 0 unspecified atom stereocenters. The number of carbonyl (C=O) groups excluding carboxylic acids is 1. The molecule has 0 rings (SSSR count). The zero-order valence-electron chi connectivity index (χ0n) is 9.01. The van der Waals surface area contributed by atoms with Crippen LogP contribution in [0.1, 0.15) is 27.7 Å². The average Bonchev–Trinajstić information content (AvgIpc) is 2.00. The van der Waals surface area contributed by atoms with Gasteiger partial charge in [-0.05, 0) is 11.8 Å². The first kappa shape index (κ1) is 12.9. The van der Waals surface area contributed by atoms with E-state index in [0.717, 1.165) is 13.1 Å². The minimum atomic E-state index is 0.197. The molecule has 0 bridgehead atoms. The smallest absolute Gasteiger partial charge is 0.233 e. The summed E-state index contributed by atoms with van der Waals surface area (Å²) in [5, 5.41) is 0.437. The van der Waals surface area contributed by atoms with E-state index in [1.807, 2.05) is 4.90 Å². The Kier molecular flexibility index (Phi) is 6.39. The first-order valence-electron chi connectivity index (χ1n) is 4.81. The second-order valence-corrected chi connectivity index (χ2v) is 4.78. The maximum absolute atomic E-state index is 11.5. The van der Waals surface area contributed by atoms with Gasteiger partial charge in [-0.25, -0.2) is 0 Å². The van der Waals surface area contributed by atoms with Gasteiger partial charge in [-0.2, -0.15) is 0 Å². The monoisotopic (exact) mass is 249 g/mol. The molecule has 0 aliphatic rings. The van der Waals surface area contributed by atoms with Crippen molar-refractivity contribution in [2.24, 2.45) is 11.8 Å². The molecule has 0 spiro atoms. The summed E-state index contributed by atoms with van der Waals surface area (Å²) in [6.07, 6.45) is 0. The number of nitrogens with zero attached hydrogens (tertiary/aromatic N) is 1. The van der Waals surface area contributed by atoms with Gasteiger partial charge in [0.05, 0.1) is 5.33 Å². The van der Waals surface area contributed by atoms with Crippen molar-refractivity contribution >= 4 is 21.8 Å². The lowest BCUT2D eigenvalue weighted by Crippen LogP contribution is -2.37. The van der Waals surface area contributed by atoms with E-state index in [0.29, 0.717) is 17.2 Å². The summed E-state index contributed by atoms with van der Waals surface area (Å²) in [5.41, 5.74) is 0. The van der Waals surface area contributed by atoms with Crippen LogP contribution in [0.3, 0.4) is 0 Å². The maximum atomic E-state index is 11.5. The predicted molar refractivity (Wildman–Crippen MR) is 60.1 cm³/mol. The lowest BCUT2D eigenvalue weighted by atomic mass is 10.1. The highest BCUT2D eigenvalue weighted by atomic mass is 79.9. The molecule has 0 aliphatic carbocycles. The van der Waals surface area contributed by atoms with E-state index < -0.39 is 0 Å². The molecule has 2 nitrogen and oxygen atoms in total. The van der Waals surface area contributed by atoms with Crippen molar-refractivity contribution in [3.8, 4) is 0 Å². The third-order valence-corrected chi connectivity index (χ3v) is 2.12. The topological polar surface area (TPSA) is 20.3 Å². The van der Waals surface area contributed by atoms with E-state index in [1.54, 1.807) is 0 Å². The van der Waals surface area contributed by atoms with E-state index in [1.165, 1.54) is 0 Å². The molecule has 3 heteroatoms. The number of hydrogen-bond acceptors (Lipinski definition) is 1. The Morgan fingerprint density at radius 3 is 1.77 bits per heavy atom. The fourth-order valence-electron chi connectivity index (χ4n) is 1.24. The zero-order valence-corrected chi connectivity index (χ0v) is 10.6. The minimum Gasteiger partial charge on any atom is -0.341 e. The molecule has 0 aliphatic heterocycles. The number of alkyl halides is 1. The van der Waals surface area contributed by atoms with Crippen LogP contribution >= 0.6 is 15.9 Å². The second-order valence-electron chi connectivity index (χ2n) is 4.22. The van der Waals surface area contributed by atoms with Crippen molar-refractivity contribution < 1.29 is 4.79 Å². The van der Waals surface area contributed by atoms with Crippen LogP contribution in [0.15, 0.2) is 0 Å². The lowest BCUT2D eigenvalue weighted by Gasteiger charge is -2.25. The normalized spacial score (nSPS) is 11.0. The van der Waals surface area contributed by atoms with Gasteiger partial charge in [-0.3, -0.25) is 4.79 Å². The van der Waals surface area contributed by atoms with Crippen LogP contribution in [0.2, 0.25) is 0 Å². The first-order chi connectivity index (χ1) is 5.97. The Balaban J connectivity index is 4.10. The van der Waals surface area contributed by atoms with Gasteiger partial charge in [0.25, 0.3) is 0 Å². The third-order valence-electron chi connectivity index (χ3n) is 1.64. The highest BCUT2D eigenvalue weighted by Crippen LogP contribution is 2.05. The van der Waals surface area contributed by atoms with E-state index >= 15 is 0 Å². The molecule has 0 heterocycles. The number of hydrogen-bond donors (Lipinski definition) is 0. The van der Waals surface area contributed by atoms with Gasteiger partial charge >= 0.3 is 0 Å². The van der Waals surface area contributed by atoms with Gasteiger partial charge in [0.15, 0.2) is 0 Å². The Labute approximate surface area is 89.8 Å². The second kappa shape index (κ2) is 6.41. The van der Waals surface area contributed by atoms with E-state index in [-0.39, 0.29) is 5.91 Å². The number of rotatable bonds is 5. The van der Waals surface area contributed by atoms with Gasteiger partial charge < -0.3 is 4.90 Å². The molecule has 0 aromatic heterocycles. The van der Waals surface area contributed by atoms with E-state index in [2.05, 4.69) is 43.6 Å². The molecule has 0 saturated heterocycles. The van der Waals surface area contributed by atoms with E-state index in [9.17, 15) is 4.79 Å². The molecular weight excluding hydrogens is 230 g/mol. The number of amides is 1. The minimum absolute atomic E-state index is 0.197. The lowest BCUT2D eigenvalue weighted by molar-refractivity contribution is -0.129. The standard InChI is InChI=1S/C10H20BrNO/c1-8(2)6-12(7-9(3)4)10(13)5-11/h8-9H,5-7H2,1-4H3. The van der Waals surface area contributed by atoms with Crippen LogP contribution < -0.4 is 0 Å². The average molecular weight is 250 g/mol. The summed E-state index contributed by atoms with van der Waals surface area (Å²) < 4.78 is 0. The molecule has 0 radical (unpaired) electrons. The molecule has 0 N–H and O–H groups in total. The fraction of sp³-hybridized carbons (Fsp3) is 0.900. The van der Waals surface area contributed by atoms with Crippen molar-refractivity contribution in [1.82, 2.24) is 4.90 Å². The highest BCUT2D eigenvalue weighted by molar-refractivity contribution is 9.09. The molecule has 1 amide bonds. The summed E-state index contributed by atoms with van der Waals surface area (Å²) in [4.78, 5) is 13.4. The largest absolute Gasteiger partial charge is 0.341 e. The summed E-state index contributed by atoms with van der Waals surface area (Å²) in [5.74, 6) is 1.28. The van der Waals surface area contributed by atoms with Gasteiger partial charge in [-0.1, -0.05) is 43.6 Å². The highest BCUT2D eigenvalue weighted by Gasteiger charge is 2.14. The van der Waals surface area contributed by atoms with Crippen molar-refractivity contribution in [2.45, 2.75) is 27.7 Å². The van der Waals surface area contributed by atoms with Gasteiger partial charge in [-0.15, -0.1) is 0 Å². The van der Waals surface area contributed by atoms with Crippen molar-refractivity contribution in [3.63, 3.8) is 0 Å². The predicted octanol–water partition coefficient (Wildman–Crippen LogP) is 2.52. The summed E-state index contributed by atoms with van der Waals surface area (Å²) in [6.45, 7) is 10.3. The van der Waals surface area contributed by atoms with E-state index in [4.69, 9.17) is 0 Å². The Morgan fingerprint density at radius 2 is 1.54 bits per heavy atom. The Morgan fingerprint density at radius 1 is 1.15 bits per heavy atom. The Hall–Kier alpha value is -0.0500.